The lowest BCUT2D eigenvalue weighted by atomic mass is 10.1. The molecular formula is C8H9NO. The lowest BCUT2D eigenvalue weighted by Crippen LogP contribution is -2.01. The zero-order valence-corrected chi connectivity index (χ0v) is 5.71. The summed E-state index contributed by atoms with van der Waals surface area (Å²) in [6, 6.07) is 1.72. The van der Waals surface area contributed by atoms with Crippen molar-refractivity contribution >= 4 is 5.78 Å². The summed E-state index contributed by atoms with van der Waals surface area (Å²) in [6.07, 6.45) is 3.63. The molecule has 2 rings (SSSR count). The molecule has 0 radical (unpaired) electrons. The fourth-order valence-corrected chi connectivity index (χ4v) is 2.28. The van der Waals surface area contributed by atoms with Crippen LogP contribution in [0.3, 0.4) is 0 Å². The number of nitrogens with zero attached hydrogens (tertiary/aromatic N) is 1. The molecule has 2 heteroatoms. The van der Waals surface area contributed by atoms with Gasteiger partial charge in [0.1, 0.15) is 6.07 Å². The highest BCUT2D eigenvalue weighted by Crippen LogP contribution is 2.57. The molecule has 0 aromatic heterocycles. The Balaban J connectivity index is 2.02. The Hall–Kier alpha value is -0.840. The lowest BCUT2D eigenvalue weighted by Gasteiger charge is -1.92. The van der Waals surface area contributed by atoms with E-state index >= 15 is 0 Å². The van der Waals surface area contributed by atoms with Crippen LogP contribution in [0, 0.1) is 29.1 Å². The molecule has 0 amide bonds. The molecule has 2 aliphatic rings. The number of carbonyl (C=O) groups is 1. The van der Waals surface area contributed by atoms with Crippen LogP contribution < -0.4 is 0 Å². The molecule has 2 atom stereocenters. The van der Waals surface area contributed by atoms with Crippen LogP contribution in [0.25, 0.3) is 0 Å². The molecule has 10 heavy (non-hydrogen) atoms. The van der Waals surface area contributed by atoms with E-state index in [2.05, 4.69) is 0 Å². The van der Waals surface area contributed by atoms with Gasteiger partial charge in [0.15, 0.2) is 0 Å². The minimum atomic E-state index is -0.172. The first-order chi connectivity index (χ1) is 4.84. The van der Waals surface area contributed by atoms with E-state index in [0.29, 0.717) is 11.8 Å². The van der Waals surface area contributed by atoms with E-state index in [4.69, 9.17) is 5.26 Å². The summed E-state index contributed by atoms with van der Waals surface area (Å²) < 4.78 is 0. The van der Waals surface area contributed by atoms with Crippen molar-refractivity contribution in [3.05, 3.63) is 0 Å². The maximum atomic E-state index is 10.8. The van der Waals surface area contributed by atoms with Crippen molar-refractivity contribution in [3.63, 3.8) is 0 Å². The van der Waals surface area contributed by atoms with E-state index in [9.17, 15) is 4.79 Å². The van der Waals surface area contributed by atoms with Gasteiger partial charge in [-0.3, -0.25) is 4.79 Å². The number of hydrogen-bond acceptors (Lipinski definition) is 2. The third-order valence-corrected chi connectivity index (χ3v) is 2.82. The second-order valence-corrected chi connectivity index (χ2v) is 3.26. The number of hydrogen-bond donors (Lipinski definition) is 0. The van der Waals surface area contributed by atoms with Crippen LogP contribution in [0.15, 0.2) is 0 Å². The van der Waals surface area contributed by atoms with Gasteiger partial charge in [-0.2, -0.15) is 5.26 Å². The Labute approximate surface area is 59.8 Å². The monoisotopic (exact) mass is 135 g/mol. The van der Waals surface area contributed by atoms with Gasteiger partial charge in [0.2, 0.25) is 5.78 Å². The molecule has 2 fully saturated rings. The number of Topliss-reactive ketones (excluding diaryl/α,β-unsaturated/α-hetero) is 1. The van der Waals surface area contributed by atoms with Crippen LogP contribution in [0.1, 0.15) is 19.3 Å². The molecule has 52 valence electrons. The fourth-order valence-electron chi connectivity index (χ4n) is 2.28. The third kappa shape index (κ3) is 0.607. The second kappa shape index (κ2) is 1.82. The number of carbonyl (C=O) groups excluding carboxylic acids is 1. The highest BCUT2D eigenvalue weighted by atomic mass is 16.1. The Kier molecular flexibility index (Phi) is 1.08. The molecule has 0 aromatic carbocycles. The fraction of sp³-hybridized carbons (Fsp3) is 0.750. The molecule has 2 aliphatic carbocycles. The van der Waals surface area contributed by atoms with Crippen LogP contribution in [0.2, 0.25) is 0 Å². The van der Waals surface area contributed by atoms with Crippen molar-refractivity contribution < 1.29 is 4.79 Å². The average molecular weight is 135 g/mol. The molecule has 2 nitrogen and oxygen atoms in total. The van der Waals surface area contributed by atoms with E-state index in [-0.39, 0.29) is 11.7 Å². The zero-order chi connectivity index (χ0) is 7.14. The minimum Gasteiger partial charge on any atom is -0.282 e. The Morgan fingerprint density at radius 2 is 2.00 bits per heavy atom. The molecule has 0 spiro atoms. The molecule has 2 saturated carbocycles. The zero-order valence-electron chi connectivity index (χ0n) is 5.71. The molecule has 0 heterocycles. The van der Waals surface area contributed by atoms with Crippen LogP contribution in [-0.4, -0.2) is 5.78 Å². The van der Waals surface area contributed by atoms with Gasteiger partial charge in [0, 0.05) is 5.92 Å². The molecule has 0 aliphatic heterocycles. The summed E-state index contributed by atoms with van der Waals surface area (Å²) in [6.45, 7) is 0. The second-order valence-electron chi connectivity index (χ2n) is 3.26. The highest BCUT2D eigenvalue weighted by molar-refractivity contribution is 5.97. The Morgan fingerprint density at radius 1 is 1.40 bits per heavy atom. The summed E-state index contributed by atoms with van der Waals surface area (Å²) >= 11 is 0. The maximum absolute atomic E-state index is 10.8. The first-order valence-corrected chi connectivity index (χ1v) is 3.78. The topological polar surface area (TPSA) is 40.9 Å². The van der Waals surface area contributed by atoms with Gasteiger partial charge in [0.25, 0.3) is 0 Å². The van der Waals surface area contributed by atoms with E-state index in [1.807, 2.05) is 0 Å². The van der Waals surface area contributed by atoms with Crippen LogP contribution in [-0.2, 0) is 4.79 Å². The SMILES string of the molecule is N#CC(=O)C1C2CCCC21. The first-order valence-electron chi connectivity index (χ1n) is 3.78. The van der Waals surface area contributed by atoms with E-state index < -0.39 is 0 Å². The van der Waals surface area contributed by atoms with Crippen molar-refractivity contribution in [1.82, 2.24) is 0 Å². The van der Waals surface area contributed by atoms with Gasteiger partial charge < -0.3 is 0 Å². The van der Waals surface area contributed by atoms with Gasteiger partial charge >= 0.3 is 0 Å². The summed E-state index contributed by atoms with van der Waals surface area (Å²) in [7, 11) is 0. The predicted molar refractivity (Wildman–Crippen MR) is 34.9 cm³/mol. The summed E-state index contributed by atoms with van der Waals surface area (Å²) in [5.74, 6) is 1.19. The normalized spacial score (nSPS) is 42.1. The summed E-state index contributed by atoms with van der Waals surface area (Å²) in [5, 5.41) is 8.30. The van der Waals surface area contributed by atoms with Crippen LogP contribution in [0.4, 0.5) is 0 Å². The minimum absolute atomic E-state index is 0.152. The van der Waals surface area contributed by atoms with Crippen molar-refractivity contribution in [1.29, 1.82) is 5.26 Å². The van der Waals surface area contributed by atoms with Crippen molar-refractivity contribution in [2.75, 3.05) is 0 Å². The van der Waals surface area contributed by atoms with Gasteiger partial charge in [-0.05, 0) is 24.7 Å². The quantitative estimate of drug-likeness (QED) is 0.505. The molecule has 0 bridgehead atoms. The first kappa shape index (κ1) is 5.91. The van der Waals surface area contributed by atoms with Crippen LogP contribution in [0.5, 0.6) is 0 Å². The standard InChI is InChI=1S/C8H9NO/c9-4-7(10)8-5-2-1-3-6(5)8/h5-6,8H,1-3H2. The summed E-state index contributed by atoms with van der Waals surface area (Å²) in [4.78, 5) is 10.8. The smallest absolute Gasteiger partial charge is 0.235 e. The largest absolute Gasteiger partial charge is 0.282 e. The van der Waals surface area contributed by atoms with Gasteiger partial charge in [0.05, 0.1) is 0 Å². The van der Waals surface area contributed by atoms with Crippen molar-refractivity contribution in [3.8, 4) is 6.07 Å². The Bertz CT molecular complexity index is 206. The van der Waals surface area contributed by atoms with Crippen molar-refractivity contribution in [2.24, 2.45) is 17.8 Å². The van der Waals surface area contributed by atoms with Gasteiger partial charge in [-0.15, -0.1) is 0 Å². The van der Waals surface area contributed by atoms with Gasteiger partial charge in [-0.1, -0.05) is 6.42 Å². The number of rotatable bonds is 1. The number of nitriles is 1. The molecule has 0 aromatic rings. The Morgan fingerprint density at radius 3 is 2.50 bits per heavy atom. The van der Waals surface area contributed by atoms with Gasteiger partial charge in [-0.25, -0.2) is 0 Å². The van der Waals surface area contributed by atoms with E-state index in [1.165, 1.54) is 19.3 Å². The molecule has 0 saturated heterocycles. The number of fused-ring (bicyclic) bond motifs is 1. The average Bonchev–Trinajstić information content (AvgIpc) is 2.43. The van der Waals surface area contributed by atoms with E-state index in [1.54, 1.807) is 6.07 Å². The third-order valence-electron chi connectivity index (χ3n) is 2.82. The predicted octanol–water partition coefficient (Wildman–Crippen LogP) is 1.13. The van der Waals surface area contributed by atoms with E-state index in [0.717, 1.165) is 0 Å². The highest BCUT2D eigenvalue weighted by Gasteiger charge is 2.56. The molecule has 0 N–H and O–H groups in total. The molecule has 2 unspecified atom stereocenters. The lowest BCUT2D eigenvalue weighted by molar-refractivity contribution is -0.115. The molecular weight excluding hydrogens is 126 g/mol. The summed E-state index contributed by atoms with van der Waals surface area (Å²) in [5.41, 5.74) is 0. The maximum Gasteiger partial charge on any atom is 0.235 e. The van der Waals surface area contributed by atoms with Crippen LogP contribution >= 0.6 is 0 Å². The number of ketones is 1. The van der Waals surface area contributed by atoms with Crippen molar-refractivity contribution in [2.45, 2.75) is 19.3 Å².